The van der Waals surface area contributed by atoms with Gasteiger partial charge in [-0.25, -0.2) is 13.8 Å². The van der Waals surface area contributed by atoms with Gasteiger partial charge >= 0.3 is 0 Å². The first-order valence-electron chi connectivity index (χ1n) is 5.08. The first-order valence-corrected chi connectivity index (χ1v) is 5.88. The Kier molecular flexibility index (Phi) is 3.76. The monoisotopic (exact) mass is 314 g/mol. The molecule has 18 heavy (non-hydrogen) atoms. The second kappa shape index (κ2) is 5.30. The van der Waals surface area contributed by atoms with E-state index in [9.17, 15) is 8.78 Å². The molecule has 0 unspecified atom stereocenters. The SMILES string of the molecule is Oc1c(F)cc(CNc2ccc(Br)nc2)cc1F. The molecule has 0 aliphatic rings. The summed E-state index contributed by atoms with van der Waals surface area (Å²) in [6.07, 6.45) is 1.59. The van der Waals surface area contributed by atoms with E-state index in [0.717, 1.165) is 17.8 Å². The lowest BCUT2D eigenvalue weighted by molar-refractivity contribution is 0.395. The van der Waals surface area contributed by atoms with Crippen molar-refractivity contribution in [3.63, 3.8) is 0 Å². The normalized spacial score (nSPS) is 10.4. The lowest BCUT2D eigenvalue weighted by Crippen LogP contribution is -2.01. The van der Waals surface area contributed by atoms with Gasteiger partial charge in [-0.2, -0.15) is 0 Å². The van der Waals surface area contributed by atoms with Crippen molar-refractivity contribution in [3.8, 4) is 5.75 Å². The quantitative estimate of drug-likeness (QED) is 0.853. The van der Waals surface area contributed by atoms with Gasteiger partial charge in [0.25, 0.3) is 0 Å². The molecule has 0 atom stereocenters. The van der Waals surface area contributed by atoms with Crippen molar-refractivity contribution < 1.29 is 13.9 Å². The summed E-state index contributed by atoms with van der Waals surface area (Å²) >= 11 is 3.20. The number of phenolic OH excluding ortho intramolecular Hbond substituents is 1. The highest BCUT2D eigenvalue weighted by Crippen LogP contribution is 2.22. The van der Waals surface area contributed by atoms with Crippen LogP contribution in [0.1, 0.15) is 5.56 Å². The van der Waals surface area contributed by atoms with Gasteiger partial charge in [0.2, 0.25) is 0 Å². The van der Waals surface area contributed by atoms with Gasteiger partial charge in [0, 0.05) is 6.54 Å². The molecule has 1 heterocycles. The molecule has 0 amide bonds. The summed E-state index contributed by atoms with van der Waals surface area (Å²) in [5, 5.41) is 11.9. The molecule has 1 aromatic heterocycles. The zero-order valence-electron chi connectivity index (χ0n) is 9.12. The minimum Gasteiger partial charge on any atom is -0.503 e. The highest BCUT2D eigenvalue weighted by atomic mass is 79.9. The van der Waals surface area contributed by atoms with Crippen LogP contribution in [0, 0.1) is 11.6 Å². The molecule has 0 spiro atoms. The third-order valence-corrected chi connectivity index (χ3v) is 2.77. The van der Waals surface area contributed by atoms with Crippen LogP contribution in [0.4, 0.5) is 14.5 Å². The summed E-state index contributed by atoms with van der Waals surface area (Å²) in [5.41, 5.74) is 1.12. The molecule has 2 N–H and O–H groups in total. The Labute approximate surface area is 111 Å². The summed E-state index contributed by atoms with van der Waals surface area (Å²) in [7, 11) is 0. The fourth-order valence-electron chi connectivity index (χ4n) is 1.40. The number of anilines is 1. The number of rotatable bonds is 3. The molecule has 0 radical (unpaired) electrons. The van der Waals surface area contributed by atoms with Crippen LogP contribution in [0.5, 0.6) is 5.75 Å². The number of halogens is 3. The van der Waals surface area contributed by atoms with Gasteiger partial charge in [-0.05, 0) is 45.8 Å². The van der Waals surface area contributed by atoms with E-state index in [1.807, 2.05) is 0 Å². The van der Waals surface area contributed by atoms with E-state index in [2.05, 4.69) is 26.2 Å². The average molecular weight is 315 g/mol. The van der Waals surface area contributed by atoms with Crippen molar-refractivity contribution in [2.75, 3.05) is 5.32 Å². The summed E-state index contributed by atoms with van der Waals surface area (Å²) in [6, 6.07) is 5.69. The molecule has 2 rings (SSSR count). The first kappa shape index (κ1) is 12.8. The molecule has 0 fully saturated rings. The van der Waals surface area contributed by atoms with Crippen molar-refractivity contribution in [3.05, 3.63) is 52.3 Å². The standard InChI is InChI=1S/C12H9BrF2N2O/c13-11-2-1-8(6-17-11)16-5-7-3-9(14)12(18)10(15)4-7/h1-4,6,16,18H,5H2. The highest BCUT2D eigenvalue weighted by Gasteiger charge is 2.09. The maximum absolute atomic E-state index is 13.1. The topological polar surface area (TPSA) is 45.1 Å². The number of pyridine rings is 1. The maximum atomic E-state index is 13.1. The van der Waals surface area contributed by atoms with Gasteiger partial charge in [-0.15, -0.1) is 0 Å². The van der Waals surface area contributed by atoms with Crippen LogP contribution < -0.4 is 5.32 Å². The predicted octanol–water partition coefficient (Wildman–Crippen LogP) is 3.44. The van der Waals surface area contributed by atoms with Crippen LogP contribution >= 0.6 is 15.9 Å². The molecular weight excluding hydrogens is 306 g/mol. The molecule has 0 aliphatic carbocycles. The maximum Gasteiger partial charge on any atom is 0.187 e. The van der Waals surface area contributed by atoms with Gasteiger partial charge in [0.1, 0.15) is 4.60 Å². The van der Waals surface area contributed by atoms with Crippen LogP contribution in [-0.4, -0.2) is 10.1 Å². The van der Waals surface area contributed by atoms with E-state index in [1.54, 1.807) is 18.3 Å². The molecule has 0 saturated heterocycles. The number of nitrogens with one attached hydrogen (secondary N) is 1. The van der Waals surface area contributed by atoms with Crippen molar-refractivity contribution >= 4 is 21.6 Å². The van der Waals surface area contributed by atoms with E-state index in [4.69, 9.17) is 5.11 Å². The molecule has 6 heteroatoms. The number of aromatic hydroxyl groups is 1. The van der Waals surface area contributed by atoms with Gasteiger partial charge in [0.15, 0.2) is 17.4 Å². The molecule has 3 nitrogen and oxygen atoms in total. The average Bonchev–Trinajstić information content (AvgIpc) is 2.35. The Balaban J connectivity index is 2.08. The number of benzene rings is 1. The van der Waals surface area contributed by atoms with Crippen LogP contribution in [-0.2, 0) is 6.54 Å². The third kappa shape index (κ3) is 2.95. The minimum absolute atomic E-state index is 0.234. The van der Waals surface area contributed by atoms with Gasteiger partial charge in [0.05, 0.1) is 11.9 Å². The molecule has 0 aliphatic heterocycles. The molecule has 2 aromatic rings. The summed E-state index contributed by atoms with van der Waals surface area (Å²) < 4.78 is 26.9. The number of nitrogens with zero attached hydrogens (tertiary/aromatic N) is 1. The Morgan fingerprint density at radius 3 is 2.44 bits per heavy atom. The number of aromatic nitrogens is 1. The van der Waals surface area contributed by atoms with Gasteiger partial charge in [-0.1, -0.05) is 0 Å². The molecule has 0 saturated carbocycles. The highest BCUT2D eigenvalue weighted by molar-refractivity contribution is 9.10. The second-order valence-corrected chi connectivity index (χ2v) is 4.44. The largest absolute Gasteiger partial charge is 0.503 e. The number of phenols is 1. The zero-order valence-corrected chi connectivity index (χ0v) is 10.7. The number of hydrogen-bond acceptors (Lipinski definition) is 3. The lowest BCUT2D eigenvalue weighted by atomic mass is 10.2. The lowest BCUT2D eigenvalue weighted by Gasteiger charge is -2.07. The van der Waals surface area contributed by atoms with E-state index in [0.29, 0.717) is 10.2 Å². The van der Waals surface area contributed by atoms with Gasteiger partial charge < -0.3 is 10.4 Å². The van der Waals surface area contributed by atoms with Crippen molar-refractivity contribution in [1.29, 1.82) is 0 Å². The molecular formula is C12H9BrF2N2O. The Hall–Kier alpha value is -1.69. The van der Waals surface area contributed by atoms with E-state index in [-0.39, 0.29) is 6.54 Å². The van der Waals surface area contributed by atoms with Gasteiger partial charge in [-0.3, -0.25) is 0 Å². The van der Waals surface area contributed by atoms with Crippen LogP contribution in [0.3, 0.4) is 0 Å². The predicted molar refractivity (Wildman–Crippen MR) is 67.3 cm³/mol. The molecule has 94 valence electrons. The fraction of sp³-hybridized carbons (Fsp3) is 0.0833. The van der Waals surface area contributed by atoms with Crippen LogP contribution in [0.15, 0.2) is 35.1 Å². The Morgan fingerprint density at radius 1 is 1.22 bits per heavy atom. The smallest absolute Gasteiger partial charge is 0.187 e. The first-order chi connectivity index (χ1) is 8.56. The van der Waals surface area contributed by atoms with E-state index >= 15 is 0 Å². The summed E-state index contributed by atoms with van der Waals surface area (Å²) in [6.45, 7) is 0.234. The summed E-state index contributed by atoms with van der Waals surface area (Å²) in [5.74, 6) is -2.90. The summed E-state index contributed by atoms with van der Waals surface area (Å²) in [4.78, 5) is 4.01. The second-order valence-electron chi connectivity index (χ2n) is 3.63. The Morgan fingerprint density at radius 2 is 1.89 bits per heavy atom. The third-order valence-electron chi connectivity index (χ3n) is 2.30. The van der Waals surface area contributed by atoms with Crippen molar-refractivity contribution in [2.24, 2.45) is 0 Å². The van der Waals surface area contributed by atoms with Crippen LogP contribution in [0.25, 0.3) is 0 Å². The zero-order chi connectivity index (χ0) is 13.1. The Bertz CT molecular complexity index is 537. The fourth-order valence-corrected chi connectivity index (χ4v) is 1.64. The minimum atomic E-state index is -0.972. The molecule has 0 bridgehead atoms. The van der Waals surface area contributed by atoms with E-state index in [1.165, 1.54) is 0 Å². The van der Waals surface area contributed by atoms with Crippen molar-refractivity contribution in [1.82, 2.24) is 4.98 Å². The van der Waals surface area contributed by atoms with Crippen LogP contribution in [0.2, 0.25) is 0 Å². The van der Waals surface area contributed by atoms with Crippen molar-refractivity contribution in [2.45, 2.75) is 6.54 Å². The number of hydrogen-bond donors (Lipinski definition) is 2. The molecule has 1 aromatic carbocycles. The van der Waals surface area contributed by atoms with E-state index < -0.39 is 17.4 Å².